The molecule has 2 amide bonds. The fourth-order valence-corrected chi connectivity index (χ4v) is 3.07. The summed E-state index contributed by atoms with van der Waals surface area (Å²) >= 11 is 1.89. The molecule has 15 heavy (non-hydrogen) atoms. The Hall–Kier alpha value is -0.550. The average Bonchev–Trinajstić information content (AvgIpc) is 2.75. The third-order valence-corrected chi connectivity index (χ3v) is 4.22. The molecule has 5 heteroatoms. The van der Waals surface area contributed by atoms with Crippen LogP contribution in [0, 0.1) is 0 Å². The molecule has 0 aromatic rings. The van der Waals surface area contributed by atoms with Crippen molar-refractivity contribution in [2.45, 2.75) is 43.0 Å². The zero-order valence-corrected chi connectivity index (χ0v) is 9.60. The molecule has 1 heterocycles. The molecule has 0 spiro atoms. The van der Waals surface area contributed by atoms with E-state index in [0.717, 1.165) is 12.8 Å². The molecule has 2 fully saturated rings. The first-order valence-electron chi connectivity index (χ1n) is 5.31. The Bertz CT molecular complexity index is 283. The van der Waals surface area contributed by atoms with E-state index in [1.165, 1.54) is 6.42 Å². The van der Waals surface area contributed by atoms with Crippen LogP contribution in [0.1, 0.15) is 25.7 Å². The third kappa shape index (κ3) is 2.52. The van der Waals surface area contributed by atoms with E-state index in [2.05, 4.69) is 16.9 Å². The summed E-state index contributed by atoms with van der Waals surface area (Å²) in [6.45, 7) is 0. The maximum absolute atomic E-state index is 11.3. The van der Waals surface area contributed by atoms with Crippen LogP contribution in [-0.2, 0) is 9.59 Å². The Morgan fingerprint density at radius 3 is 2.73 bits per heavy atom. The second-order valence-corrected chi connectivity index (χ2v) is 5.34. The van der Waals surface area contributed by atoms with Gasteiger partial charge >= 0.3 is 0 Å². The highest BCUT2D eigenvalue weighted by molar-refractivity contribution is 7.99. The Morgan fingerprint density at radius 2 is 2.20 bits per heavy atom. The Balaban J connectivity index is 1.83. The van der Waals surface area contributed by atoms with Gasteiger partial charge in [-0.15, -0.1) is 0 Å². The first kappa shape index (κ1) is 11.0. The first-order valence-corrected chi connectivity index (χ1v) is 6.60. The molecule has 84 valence electrons. The standard InChI is InChI=1S/C10H16N2O2S/c1-15-7-3-2-6(4-7)11-8-5-9(13)12-10(8)14/h6-8,11H,2-5H2,1H3,(H,12,13,14). The van der Waals surface area contributed by atoms with Crippen LogP contribution in [0.4, 0.5) is 0 Å². The predicted octanol–water partition coefficient (Wildman–Crippen LogP) is 0.275. The van der Waals surface area contributed by atoms with Crippen molar-refractivity contribution in [3.63, 3.8) is 0 Å². The summed E-state index contributed by atoms with van der Waals surface area (Å²) in [6.07, 6.45) is 5.86. The predicted molar refractivity (Wildman–Crippen MR) is 59.6 cm³/mol. The van der Waals surface area contributed by atoms with Crippen LogP contribution in [0.5, 0.6) is 0 Å². The van der Waals surface area contributed by atoms with E-state index in [4.69, 9.17) is 0 Å². The van der Waals surface area contributed by atoms with E-state index < -0.39 is 0 Å². The normalized spacial score (nSPS) is 35.9. The molecule has 1 aliphatic heterocycles. The number of imide groups is 1. The lowest BCUT2D eigenvalue weighted by Crippen LogP contribution is -2.41. The van der Waals surface area contributed by atoms with Crippen LogP contribution in [-0.4, -0.2) is 35.4 Å². The van der Waals surface area contributed by atoms with Gasteiger partial charge in [0.1, 0.15) is 0 Å². The molecule has 2 rings (SSSR count). The molecule has 3 unspecified atom stereocenters. The maximum Gasteiger partial charge on any atom is 0.244 e. The van der Waals surface area contributed by atoms with Gasteiger partial charge in [0.15, 0.2) is 0 Å². The molecule has 2 aliphatic rings. The molecular weight excluding hydrogens is 212 g/mol. The van der Waals surface area contributed by atoms with Gasteiger partial charge in [0.25, 0.3) is 0 Å². The summed E-state index contributed by atoms with van der Waals surface area (Å²) in [5, 5.41) is 6.31. The molecule has 3 atom stereocenters. The SMILES string of the molecule is CSC1CCC(NC2CC(=O)NC2=O)C1. The van der Waals surface area contributed by atoms with Crippen molar-refractivity contribution in [3.8, 4) is 0 Å². The van der Waals surface area contributed by atoms with Crippen LogP contribution in [0.25, 0.3) is 0 Å². The lowest BCUT2D eigenvalue weighted by molar-refractivity contribution is -0.125. The van der Waals surface area contributed by atoms with E-state index in [-0.39, 0.29) is 17.9 Å². The average molecular weight is 228 g/mol. The van der Waals surface area contributed by atoms with Crippen molar-refractivity contribution < 1.29 is 9.59 Å². The second-order valence-electron chi connectivity index (χ2n) is 4.20. The minimum atomic E-state index is -0.289. The maximum atomic E-state index is 11.3. The molecule has 4 nitrogen and oxygen atoms in total. The minimum Gasteiger partial charge on any atom is -0.303 e. The van der Waals surface area contributed by atoms with Gasteiger partial charge in [-0.2, -0.15) is 11.8 Å². The molecule has 0 radical (unpaired) electrons. The van der Waals surface area contributed by atoms with Gasteiger partial charge in [0.2, 0.25) is 11.8 Å². The highest BCUT2D eigenvalue weighted by Gasteiger charge is 2.34. The molecule has 1 aliphatic carbocycles. The van der Waals surface area contributed by atoms with Crippen molar-refractivity contribution >= 4 is 23.6 Å². The zero-order valence-electron chi connectivity index (χ0n) is 8.79. The number of thioether (sulfide) groups is 1. The first-order chi connectivity index (χ1) is 7.19. The number of hydrogen-bond donors (Lipinski definition) is 2. The van der Waals surface area contributed by atoms with Crippen LogP contribution < -0.4 is 10.6 Å². The number of carbonyl (C=O) groups is 2. The molecule has 1 saturated heterocycles. The van der Waals surface area contributed by atoms with Crippen LogP contribution in [0.3, 0.4) is 0 Å². The van der Waals surface area contributed by atoms with Crippen molar-refractivity contribution in [2.24, 2.45) is 0 Å². The summed E-state index contributed by atoms with van der Waals surface area (Å²) in [5.74, 6) is -0.315. The van der Waals surface area contributed by atoms with Crippen molar-refractivity contribution in [1.82, 2.24) is 10.6 Å². The van der Waals surface area contributed by atoms with Gasteiger partial charge in [0, 0.05) is 11.3 Å². The van der Waals surface area contributed by atoms with E-state index in [0.29, 0.717) is 17.7 Å². The van der Waals surface area contributed by atoms with Crippen LogP contribution in [0.15, 0.2) is 0 Å². The zero-order chi connectivity index (χ0) is 10.8. The smallest absolute Gasteiger partial charge is 0.244 e. The molecule has 0 bridgehead atoms. The Labute approximate surface area is 93.6 Å². The third-order valence-electron chi connectivity index (χ3n) is 3.12. The minimum absolute atomic E-state index is 0.156. The molecular formula is C10H16N2O2S. The summed E-state index contributed by atoms with van der Waals surface area (Å²) in [5.41, 5.74) is 0. The molecule has 0 aromatic heterocycles. The fraction of sp³-hybridized carbons (Fsp3) is 0.800. The lowest BCUT2D eigenvalue weighted by Gasteiger charge is -2.15. The summed E-state index contributed by atoms with van der Waals surface area (Å²) in [7, 11) is 0. The summed E-state index contributed by atoms with van der Waals surface area (Å²) < 4.78 is 0. The van der Waals surface area contributed by atoms with Crippen molar-refractivity contribution in [1.29, 1.82) is 0 Å². The summed E-state index contributed by atoms with van der Waals surface area (Å²) in [6, 6.07) is 0.118. The quantitative estimate of drug-likeness (QED) is 0.681. The van der Waals surface area contributed by atoms with Gasteiger partial charge in [-0.1, -0.05) is 0 Å². The van der Waals surface area contributed by atoms with Crippen molar-refractivity contribution in [2.75, 3.05) is 6.26 Å². The fourth-order valence-electron chi connectivity index (χ4n) is 2.28. The number of carbonyl (C=O) groups excluding carboxylic acids is 2. The van der Waals surface area contributed by atoms with Gasteiger partial charge in [0.05, 0.1) is 12.5 Å². The van der Waals surface area contributed by atoms with Crippen LogP contribution >= 0.6 is 11.8 Å². The molecule has 0 aromatic carbocycles. The monoisotopic (exact) mass is 228 g/mol. The Kier molecular flexibility index (Phi) is 3.31. The summed E-state index contributed by atoms with van der Waals surface area (Å²) in [4.78, 5) is 22.3. The lowest BCUT2D eigenvalue weighted by atomic mass is 10.2. The van der Waals surface area contributed by atoms with E-state index in [9.17, 15) is 9.59 Å². The largest absolute Gasteiger partial charge is 0.303 e. The van der Waals surface area contributed by atoms with Crippen molar-refractivity contribution in [3.05, 3.63) is 0 Å². The number of nitrogens with one attached hydrogen (secondary N) is 2. The topological polar surface area (TPSA) is 58.2 Å². The number of rotatable bonds is 3. The van der Waals surface area contributed by atoms with Gasteiger partial charge < -0.3 is 5.32 Å². The second kappa shape index (κ2) is 4.53. The highest BCUT2D eigenvalue weighted by Crippen LogP contribution is 2.28. The van der Waals surface area contributed by atoms with E-state index in [1.54, 1.807) is 0 Å². The van der Waals surface area contributed by atoms with Gasteiger partial charge in [-0.25, -0.2) is 0 Å². The van der Waals surface area contributed by atoms with E-state index in [1.807, 2.05) is 11.8 Å². The Morgan fingerprint density at radius 1 is 1.40 bits per heavy atom. The highest BCUT2D eigenvalue weighted by atomic mass is 32.2. The number of hydrogen-bond acceptors (Lipinski definition) is 4. The number of amides is 2. The van der Waals surface area contributed by atoms with Gasteiger partial charge in [-0.05, 0) is 25.5 Å². The molecule has 2 N–H and O–H groups in total. The van der Waals surface area contributed by atoms with E-state index >= 15 is 0 Å². The van der Waals surface area contributed by atoms with Gasteiger partial charge in [-0.3, -0.25) is 14.9 Å². The molecule has 1 saturated carbocycles. The van der Waals surface area contributed by atoms with Crippen LogP contribution in [0.2, 0.25) is 0 Å².